The van der Waals surface area contributed by atoms with E-state index < -0.39 is 6.10 Å². The number of amides is 1. The van der Waals surface area contributed by atoms with Gasteiger partial charge >= 0.3 is 0 Å². The van der Waals surface area contributed by atoms with Crippen LogP contribution in [0, 0.1) is 5.92 Å². The van der Waals surface area contributed by atoms with E-state index in [4.69, 9.17) is 9.47 Å². The highest BCUT2D eigenvalue weighted by molar-refractivity contribution is 5.77. The maximum absolute atomic E-state index is 11.4. The van der Waals surface area contributed by atoms with Crippen molar-refractivity contribution in [2.24, 2.45) is 5.92 Å². The minimum absolute atomic E-state index is 0.00196. The second kappa shape index (κ2) is 5.93. The van der Waals surface area contributed by atoms with Crippen LogP contribution >= 0.6 is 0 Å². The summed E-state index contributed by atoms with van der Waals surface area (Å²) in [6.07, 6.45) is -0.153. The molecule has 5 heteroatoms. The van der Waals surface area contributed by atoms with Crippen molar-refractivity contribution in [3.05, 3.63) is 23.8 Å². The zero-order chi connectivity index (χ0) is 13.8. The molecule has 2 rings (SSSR count). The van der Waals surface area contributed by atoms with Crippen LogP contribution in [0.5, 0.6) is 11.5 Å². The lowest BCUT2D eigenvalue weighted by Crippen LogP contribution is -2.29. The van der Waals surface area contributed by atoms with E-state index in [1.807, 2.05) is 19.9 Å². The van der Waals surface area contributed by atoms with E-state index in [1.54, 1.807) is 12.1 Å². The number of carbonyl (C=O) groups is 1. The molecule has 1 amide bonds. The fraction of sp³-hybridized carbons (Fsp3) is 0.500. The maximum Gasteiger partial charge on any atom is 0.231 e. The molecule has 104 valence electrons. The Bertz CT molecular complexity index is 459. The molecule has 19 heavy (non-hydrogen) atoms. The second-order valence-electron chi connectivity index (χ2n) is 4.86. The summed E-state index contributed by atoms with van der Waals surface area (Å²) in [5.41, 5.74) is 0.767. The lowest BCUT2D eigenvalue weighted by molar-refractivity contribution is -0.124. The molecule has 1 aromatic rings. The van der Waals surface area contributed by atoms with E-state index >= 15 is 0 Å². The Kier molecular flexibility index (Phi) is 4.27. The Morgan fingerprint density at radius 2 is 2.11 bits per heavy atom. The monoisotopic (exact) mass is 265 g/mol. The van der Waals surface area contributed by atoms with Gasteiger partial charge in [0.05, 0.1) is 6.10 Å². The molecule has 1 unspecified atom stereocenters. The summed E-state index contributed by atoms with van der Waals surface area (Å²) in [5.74, 6) is 1.31. The number of rotatable bonds is 5. The number of hydrogen-bond donors (Lipinski definition) is 2. The fourth-order valence-electron chi connectivity index (χ4n) is 1.82. The Labute approximate surface area is 112 Å². The van der Waals surface area contributed by atoms with Crippen LogP contribution in [-0.2, 0) is 4.79 Å². The van der Waals surface area contributed by atoms with E-state index in [1.165, 1.54) is 0 Å². The molecule has 0 fully saturated rings. The Morgan fingerprint density at radius 1 is 1.37 bits per heavy atom. The van der Waals surface area contributed by atoms with Crippen molar-refractivity contribution >= 4 is 5.91 Å². The van der Waals surface area contributed by atoms with E-state index in [9.17, 15) is 9.90 Å². The third-order valence-electron chi connectivity index (χ3n) is 3.02. The van der Waals surface area contributed by atoms with Crippen LogP contribution in [0.25, 0.3) is 0 Å². The predicted octanol–water partition coefficient (Wildman–Crippen LogP) is 1.61. The number of benzene rings is 1. The van der Waals surface area contributed by atoms with E-state index in [0.717, 1.165) is 5.56 Å². The van der Waals surface area contributed by atoms with Gasteiger partial charge in [0.25, 0.3) is 0 Å². The molecular formula is C14H19NO4. The van der Waals surface area contributed by atoms with Gasteiger partial charge in [0, 0.05) is 12.5 Å². The normalized spacial score (nSPS) is 14.5. The summed E-state index contributed by atoms with van der Waals surface area (Å²) in [4.78, 5) is 11.4. The summed E-state index contributed by atoms with van der Waals surface area (Å²) in [6, 6.07) is 5.37. The molecule has 0 spiro atoms. The number of nitrogens with one attached hydrogen (secondary N) is 1. The zero-order valence-electron chi connectivity index (χ0n) is 11.2. The van der Waals surface area contributed by atoms with Gasteiger partial charge in [-0.2, -0.15) is 0 Å². The van der Waals surface area contributed by atoms with Crippen molar-refractivity contribution in [2.75, 3.05) is 13.3 Å². The van der Waals surface area contributed by atoms with E-state index in [0.29, 0.717) is 24.5 Å². The highest BCUT2D eigenvalue weighted by Crippen LogP contribution is 2.34. The summed E-state index contributed by atoms with van der Waals surface area (Å²) in [5, 5.41) is 12.8. The average Bonchev–Trinajstić information content (AvgIpc) is 2.85. The number of aliphatic hydroxyl groups is 1. The molecule has 0 aromatic heterocycles. The number of carbonyl (C=O) groups excluding carboxylic acids is 1. The largest absolute Gasteiger partial charge is 0.454 e. The number of ether oxygens (including phenoxy) is 2. The topological polar surface area (TPSA) is 67.8 Å². The first kappa shape index (κ1) is 13.7. The molecule has 1 aromatic carbocycles. The van der Waals surface area contributed by atoms with Crippen LogP contribution in [0.3, 0.4) is 0 Å². The van der Waals surface area contributed by atoms with Crippen LogP contribution in [-0.4, -0.2) is 24.4 Å². The molecule has 1 aliphatic rings. The molecule has 0 aliphatic carbocycles. The molecular weight excluding hydrogens is 246 g/mol. The Morgan fingerprint density at radius 3 is 2.84 bits per heavy atom. The minimum atomic E-state index is -0.623. The molecule has 1 aliphatic heterocycles. The van der Waals surface area contributed by atoms with Crippen molar-refractivity contribution in [3.63, 3.8) is 0 Å². The molecule has 1 atom stereocenters. The number of fused-ring (bicyclic) bond motifs is 1. The van der Waals surface area contributed by atoms with Crippen LogP contribution in [0.2, 0.25) is 0 Å². The summed E-state index contributed by atoms with van der Waals surface area (Å²) >= 11 is 0. The highest BCUT2D eigenvalue weighted by atomic mass is 16.7. The van der Waals surface area contributed by atoms with Crippen molar-refractivity contribution in [3.8, 4) is 11.5 Å². The first-order valence-electron chi connectivity index (χ1n) is 6.43. The standard InChI is InChI=1S/C14H19NO4/c1-9(2)14(17)15-6-5-11(16)10-3-4-12-13(7-10)19-8-18-12/h3-4,7,9,11,16H,5-6,8H2,1-2H3,(H,15,17). The summed E-state index contributed by atoms with van der Waals surface area (Å²) in [6.45, 7) is 4.35. The third-order valence-corrected chi connectivity index (χ3v) is 3.02. The van der Waals surface area contributed by atoms with Gasteiger partial charge in [-0.1, -0.05) is 19.9 Å². The smallest absolute Gasteiger partial charge is 0.231 e. The van der Waals surface area contributed by atoms with Crippen molar-refractivity contribution in [2.45, 2.75) is 26.4 Å². The van der Waals surface area contributed by atoms with Crippen LogP contribution in [0.4, 0.5) is 0 Å². The summed E-state index contributed by atoms with van der Waals surface area (Å²) in [7, 11) is 0. The Hall–Kier alpha value is -1.75. The quantitative estimate of drug-likeness (QED) is 0.848. The van der Waals surface area contributed by atoms with Gasteiger partial charge in [-0.3, -0.25) is 4.79 Å². The molecule has 0 bridgehead atoms. The maximum atomic E-state index is 11.4. The molecule has 1 heterocycles. The van der Waals surface area contributed by atoms with Crippen molar-refractivity contribution in [1.82, 2.24) is 5.32 Å². The second-order valence-corrected chi connectivity index (χ2v) is 4.86. The molecule has 0 saturated heterocycles. The van der Waals surface area contributed by atoms with Gasteiger partial charge in [-0.15, -0.1) is 0 Å². The SMILES string of the molecule is CC(C)C(=O)NCCC(O)c1ccc2c(c1)OCO2. The van der Waals surface area contributed by atoms with Gasteiger partial charge in [0.2, 0.25) is 12.7 Å². The van der Waals surface area contributed by atoms with E-state index in [-0.39, 0.29) is 18.6 Å². The molecule has 0 saturated carbocycles. The van der Waals surface area contributed by atoms with Crippen LogP contribution in [0.1, 0.15) is 31.9 Å². The highest BCUT2D eigenvalue weighted by Gasteiger charge is 2.16. The van der Waals surface area contributed by atoms with Gasteiger partial charge in [0.15, 0.2) is 11.5 Å². The van der Waals surface area contributed by atoms with Gasteiger partial charge in [0.1, 0.15) is 0 Å². The van der Waals surface area contributed by atoms with Crippen LogP contribution in [0.15, 0.2) is 18.2 Å². The number of aliphatic hydroxyl groups excluding tert-OH is 1. The minimum Gasteiger partial charge on any atom is -0.454 e. The van der Waals surface area contributed by atoms with Gasteiger partial charge in [-0.05, 0) is 24.1 Å². The average molecular weight is 265 g/mol. The Balaban J connectivity index is 1.86. The van der Waals surface area contributed by atoms with Gasteiger partial charge in [-0.25, -0.2) is 0 Å². The molecule has 2 N–H and O–H groups in total. The lowest BCUT2D eigenvalue weighted by atomic mass is 10.1. The third kappa shape index (κ3) is 3.38. The van der Waals surface area contributed by atoms with Gasteiger partial charge < -0.3 is 19.9 Å². The summed E-state index contributed by atoms with van der Waals surface area (Å²) < 4.78 is 10.5. The molecule has 5 nitrogen and oxygen atoms in total. The first-order valence-corrected chi connectivity index (χ1v) is 6.43. The van der Waals surface area contributed by atoms with Crippen molar-refractivity contribution in [1.29, 1.82) is 0 Å². The lowest BCUT2D eigenvalue weighted by Gasteiger charge is -2.13. The predicted molar refractivity (Wildman–Crippen MR) is 70.0 cm³/mol. The molecule has 0 radical (unpaired) electrons. The zero-order valence-corrected chi connectivity index (χ0v) is 11.2. The fourth-order valence-corrected chi connectivity index (χ4v) is 1.82. The van der Waals surface area contributed by atoms with E-state index in [2.05, 4.69) is 5.32 Å². The number of hydrogen-bond acceptors (Lipinski definition) is 4. The first-order chi connectivity index (χ1) is 9.08. The van der Waals surface area contributed by atoms with Crippen LogP contribution < -0.4 is 14.8 Å². The van der Waals surface area contributed by atoms with Crippen molar-refractivity contribution < 1.29 is 19.4 Å².